The Balaban J connectivity index is 2.65. The summed E-state index contributed by atoms with van der Waals surface area (Å²) in [4.78, 5) is 0. The molecule has 2 rings (SSSR count). The maximum atomic E-state index is 5.95. The molecule has 0 saturated carbocycles. The van der Waals surface area contributed by atoms with Crippen LogP contribution in [0.5, 0.6) is 0 Å². The summed E-state index contributed by atoms with van der Waals surface area (Å²) in [7, 11) is 1.94. The Morgan fingerprint density at radius 2 is 1.81 bits per heavy atom. The standard InChI is InChI=1S/C13H17N3/c1-9(2)11-12(16(3)15-13(11)14)10-7-5-4-6-8-10/h4-9H,1-3H3,(H2,14,15). The molecule has 2 aromatic rings. The quantitative estimate of drug-likeness (QED) is 0.837. The highest BCUT2D eigenvalue weighted by molar-refractivity contribution is 5.69. The second-order valence-corrected chi connectivity index (χ2v) is 4.29. The van der Waals surface area contributed by atoms with Gasteiger partial charge in [-0.1, -0.05) is 44.2 Å². The normalized spacial score (nSPS) is 11.0. The van der Waals surface area contributed by atoms with Crippen LogP contribution in [0.1, 0.15) is 25.3 Å². The number of hydrogen-bond donors (Lipinski definition) is 1. The first-order chi connectivity index (χ1) is 7.61. The molecule has 0 saturated heterocycles. The third-order valence-corrected chi connectivity index (χ3v) is 2.74. The fourth-order valence-electron chi connectivity index (χ4n) is 2.07. The highest BCUT2D eigenvalue weighted by Crippen LogP contribution is 2.32. The molecule has 0 aliphatic rings. The summed E-state index contributed by atoms with van der Waals surface area (Å²) in [5, 5.41) is 4.30. The van der Waals surface area contributed by atoms with Gasteiger partial charge in [-0.25, -0.2) is 0 Å². The largest absolute Gasteiger partial charge is 0.382 e. The zero-order valence-corrected chi connectivity index (χ0v) is 9.94. The first-order valence-corrected chi connectivity index (χ1v) is 5.49. The molecule has 3 heteroatoms. The third-order valence-electron chi connectivity index (χ3n) is 2.74. The molecule has 1 aromatic carbocycles. The smallest absolute Gasteiger partial charge is 0.149 e. The van der Waals surface area contributed by atoms with E-state index in [4.69, 9.17) is 5.73 Å². The first kappa shape index (κ1) is 10.7. The first-order valence-electron chi connectivity index (χ1n) is 5.49. The van der Waals surface area contributed by atoms with Gasteiger partial charge in [-0.05, 0) is 5.92 Å². The van der Waals surface area contributed by atoms with Crippen molar-refractivity contribution in [3.63, 3.8) is 0 Å². The molecule has 1 aromatic heterocycles. The number of benzene rings is 1. The van der Waals surface area contributed by atoms with Gasteiger partial charge in [0.25, 0.3) is 0 Å². The van der Waals surface area contributed by atoms with Crippen LogP contribution in [-0.4, -0.2) is 9.78 Å². The molecule has 1 heterocycles. The van der Waals surface area contributed by atoms with Gasteiger partial charge < -0.3 is 5.73 Å². The molecule has 2 N–H and O–H groups in total. The number of nitrogens with two attached hydrogens (primary N) is 1. The highest BCUT2D eigenvalue weighted by atomic mass is 15.3. The molecule has 3 nitrogen and oxygen atoms in total. The lowest BCUT2D eigenvalue weighted by atomic mass is 9.98. The van der Waals surface area contributed by atoms with Crippen molar-refractivity contribution in [1.82, 2.24) is 9.78 Å². The number of rotatable bonds is 2. The molecule has 84 valence electrons. The molecule has 0 bridgehead atoms. The fourth-order valence-corrected chi connectivity index (χ4v) is 2.07. The van der Waals surface area contributed by atoms with Gasteiger partial charge in [-0.2, -0.15) is 5.10 Å². The van der Waals surface area contributed by atoms with E-state index in [0.29, 0.717) is 11.7 Å². The van der Waals surface area contributed by atoms with E-state index in [0.717, 1.165) is 16.8 Å². The van der Waals surface area contributed by atoms with E-state index in [-0.39, 0.29) is 0 Å². The van der Waals surface area contributed by atoms with E-state index in [1.165, 1.54) is 0 Å². The number of hydrogen-bond acceptors (Lipinski definition) is 2. The molecule has 0 aliphatic carbocycles. The number of anilines is 1. The number of aryl methyl sites for hydroxylation is 1. The van der Waals surface area contributed by atoms with Crippen LogP contribution >= 0.6 is 0 Å². The number of aromatic nitrogens is 2. The zero-order valence-electron chi connectivity index (χ0n) is 9.94. The monoisotopic (exact) mass is 215 g/mol. The molecular weight excluding hydrogens is 198 g/mol. The van der Waals surface area contributed by atoms with Crippen molar-refractivity contribution in [1.29, 1.82) is 0 Å². The van der Waals surface area contributed by atoms with Gasteiger partial charge >= 0.3 is 0 Å². The van der Waals surface area contributed by atoms with Crippen molar-refractivity contribution in [2.75, 3.05) is 5.73 Å². The number of nitrogens with zero attached hydrogens (tertiary/aromatic N) is 2. The molecule has 0 fully saturated rings. The van der Waals surface area contributed by atoms with Crippen LogP contribution in [-0.2, 0) is 7.05 Å². The second kappa shape index (κ2) is 4.00. The van der Waals surface area contributed by atoms with Crippen LogP contribution in [0.4, 0.5) is 5.82 Å². The van der Waals surface area contributed by atoms with Gasteiger partial charge in [-0.15, -0.1) is 0 Å². The van der Waals surface area contributed by atoms with Crippen LogP contribution in [0, 0.1) is 0 Å². The van der Waals surface area contributed by atoms with Crippen LogP contribution in [0.25, 0.3) is 11.3 Å². The summed E-state index contributed by atoms with van der Waals surface area (Å²) in [5.41, 5.74) is 9.36. The van der Waals surface area contributed by atoms with Crippen LogP contribution < -0.4 is 5.73 Å². The molecule has 0 aliphatic heterocycles. The van der Waals surface area contributed by atoms with Crippen molar-refractivity contribution < 1.29 is 0 Å². The minimum absolute atomic E-state index is 0.379. The molecular formula is C13H17N3. The van der Waals surface area contributed by atoms with Crippen molar-refractivity contribution in [3.05, 3.63) is 35.9 Å². The van der Waals surface area contributed by atoms with Crippen LogP contribution in [0.2, 0.25) is 0 Å². The van der Waals surface area contributed by atoms with Crippen molar-refractivity contribution in [2.45, 2.75) is 19.8 Å². The Kier molecular flexibility index (Phi) is 2.69. The topological polar surface area (TPSA) is 43.8 Å². The Bertz CT molecular complexity index is 483. The fraction of sp³-hybridized carbons (Fsp3) is 0.308. The van der Waals surface area contributed by atoms with Gasteiger partial charge in [0.2, 0.25) is 0 Å². The Morgan fingerprint density at radius 1 is 1.19 bits per heavy atom. The predicted molar refractivity (Wildman–Crippen MR) is 67.1 cm³/mol. The van der Waals surface area contributed by atoms with Gasteiger partial charge in [0.1, 0.15) is 5.82 Å². The lowest BCUT2D eigenvalue weighted by Crippen LogP contribution is -1.96. The molecule has 16 heavy (non-hydrogen) atoms. The highest BCUT2D eigenvalue weighted by Gasteiger charge is 2.17. The zero-order chi connectivity index (χ0) is 11.7. The summed E-state index contributed by atoms with van der Waals surface area (Å²) in [5.74, 6) is 1.01. The van der Waals surface area contributed by atoms with Crippen molar-refractivity contribution in [3.8, 4) is 11.3 Å². The van der Waals surface area contributed by atoms with E-state index in [1.54, 1.807) is 0 Å². The summed E-state index contributed by atoms with van der Waals surface area (Å²) in [6.07, 6.45) is 0. The van der Waals surface area contributed by atoms with Crippen LogP contribution in [0.3, 0.4) is 0 Å². The van der Waals surface area contributed by atoms with Crippen molar-refractivity contribution in [2.24, 2.45) is 7.05 Å². The SMILES string of the molecule is CC(C)c1c(N)nn(C)c1-c1ccccc1. The van der Waals surface area contributed by atoms with Crippen molar-refractivity contribution >= 4 is 5.82 Å². The van der Waals surface area contributed by atoms with Gasteiger partial charge in [0, 0.05) is 18.2 Å². The lowest BCUT2D eigenvalue weighted by Gasteiger charge is -2.09. The average Bonchev–Trinajstić information content (AvgIpc) is 2.55. The minimum atomic E-state index is 0.379. The molecule has 0 spiro atoms. The average molecular weight is 215 g/mol. The summed E-state index contributed by atoms with van der Waals surface area (Å²) in [6.45, 7) is 4.28. The van der Waals surface area contributed by atoms with E-state index in [2.05, 4.69) is 31.1 Å². The van der Waals surface area contributed by atoms with Gasteiger partial charge in [0.05, 0.1) is 5.69 Å². The third kappa shape index (κ3) is 1.69. The Morgan fingerprint density at radius 3 is 2.38 bits per heavy atom. The number of nitrogen functional groups attached to an aromatic ring is 1. The predicted octanol–water partition coefficient (Wildman–Crippen LogP) is 2.79. The van der Waals surface area contributed by atoms with E-state index >= 15 is 0 Å². The van der Waals surface area contributed by atoms with Gasteiger partial charge in [-0.3, -0.25) is 4.68 Å². The Hall–Kier alpha value is -1.77. The second-order valence-electron chi connectivity index (χ2n) is 4.29. The van der Waals surface area contributed by atoms with Gasteiger partial charge in [0.15, 0.2) is 0 Å². The van der Waals surface area contributed by atoms with Crippen LogP contribution in [0.15, 0.2) is 30.3 Å². The summed E-state index contributed by atoms with van der Waals surface area (Å²) >= 11 is 0. The van der Waals surface area contributed by atoms with E-state index in [1.807, 2.05) is 29.9 Å². The molecule has 0 unspecified atom stereocenters. The molecule has 0 radical (unpaired) electrons. The maximum Gasteiger partial charge on any atom is 0.149 e. The summed E-state index contributed by atoms with van der Waals surface area (Å²) in [6, 6.07) is 10.2. The maximum absolute atomic E-state index is 5.95. The minimum Gasteiger partial charge on any atom is -0.382 e. The lowest BCUT2D eigenvalue weighted by molar-refractivity contribution is 0.777. The molecule has 0 amide bonds. The Labute approximate surface area is 95.9 Å². The van der Waals surface area contributed by atoms with E-state index < -0.39 is 0 Å². The molecule has 0 atom stereocenters. The van der Waals surface area contributed by atoms with E-state index in [9.17, 15) is 0 Å². The summed E-state index contributed by atoms with van der Waals surface area (Å²) < 4.78 is 1.86.